The van der Waals surface area contributed by atoms with Crippen LogP contribution in [0.3, 0.4) is 0 Å². The van der Waals surface area contributed by atoms with E-state index in [9.17, 15) is 0 Å². The third-order valence-corrected chi connectivity index (χ3v) is 4.64. The highest BCUT2D eigenvalue weighted by molar-refractivity contribution is 7.82. The lowest BCUT2D eigenvalue weighted by molar-refractivity contribution is 0.258. The number of thiol groups is 1. The Kier molecular flexibility index (Phi) is 7.35. The molecular weight excluding hydrogens is 340 g/mol. The Hall–Kier alpha value is -1.72. The third kappa shape index (κ3) is 6.89. The normalized spacial score (nSPS) is 12.7. The first-order chi connectivity index (χ1) is 12.2. The van der Waals surface area contributed by atoms with Crippen LogP contribution in [0.1, 0.15) is 43.5 Å². The van der Waals surface area contributed by atoms with E-state index in [0.29, 0.717) is 0 Å². The second kappa shape index (κ2) is 9.28. The lowest BCUT2D eigenvalue weighted by Crippen LogP contribution is -2.28. The van der Waals surface area contributed by atoms with Crippen molar-refractivity contribution in [2.24, 2.45) is 4.99 Å². The predicted molar refractivity (Wildman–Crippen MR) is 113 cm³/mol. The molecule has 0 N–H and O–H groups in total. The van der Waals surface area contributed by atoms with E-state index in [1.54, 1.807) is 0 Å². The van der Waals surface area contributed by atoms with Crippen molar-refractivity contribution in [1.29, 1.82) is 0 Å². The summed E-state index contributed by atoms with van der Waals surface area (Å²) in [5, 5.41) is 0. The van der Waals surface area contributed by atoms with Gasteiger partial charge in [-0.15, -0.1) is 0 Å². The van der Waals surface area contributed by atoms with Gasteiger partial charge in [0.05, 0.1) is 17.9 Å². The van der Waals surface area contributed by atoms with E-state index in [1.165, 1.54) is 0 Å². The van der Waals surface area contributed by atoms with Crippen molar-refractivity contribution in [3.63, 3.8) is 0 Å². The molecule has 140 valence electrons. The van der Waals surface area contributed by atoms with Crippen molar-refractivity contribution >= 4 is 18.3 Å². The Morgan fingerprint density at radius 3 is 1.92 bits per heavy atom. The van der Waals surface area contributed by atoms with Gasteiger partial charge in [-0.3, -0.25) is 19.9 Å². The first-order valence-electron chi connectivity index (χ1n) is 9.05. The maximum absolute atomic E-state index is 4.71. The monoisotopic (exact) mass is 370 g/mol. The molecule has 0 aliphatic heterocycles. The molecule has 0 unspecified atom stereocenters. The molecule has 0 bridgehead atoms. The number of hydrogen-bond acceptors (Lipinski definition) is 5. The van der Waals surface area contributed by atoms with Crippen molar-refractivity contribution in [1.82, 2.24) is 14.9 Å². The number of nitrogens with zero attached hydrogens (tertiary/aromatic N) is 4. The molecule has 4 nitrogen and oxygen atoms in total. The van der Waals surface area contributed by atoms with Crippen molar-refractivity contribution in [2.75, 3.05) is 13.1 Å². The van der Waals surface area contributed by atoms with Gasteiger partial charge in [-0.25, -0.2) is 0 Å². The van der Waals surface area contributed by atoms with E-state index in [4.69, 9.17) is 4.99 Å². The Morgan fingerprint density at radius 1 is 1.00 bits per heavy atom. The molecule has 0 fully saturated rings. The van der Waals surface area contributed by atoms with Crippen LogP contribution in [0.2, 0.25) is 0 Å². The summed E-state index contributed by atoms with van der Waals surface area (Å²) in [5.41, 5.74) is 5.30. The van der Waals surface area contributed by atoms with Crippen LogP contribution in [-0.4, -0.2) is 38.4 Å². The van der Waals surface area contributed by atoms with Crippen LogP contribution in [0.4, 0.5) is 0 Å². The summed E-state index contributed by atoms with van der Waals surface area (Å²) < 4.78 is -0.180. The highest BCUT2D eigenvalue weighted by Gasteiger charge is 2.15. The van der Waals surface area contributed by atoms with Crippen LogP contribution in [0, 0.1) is 13.8 Å². The minimum atomic E-state index is -0.180. The van der Waals surface area contributed by atoms with Gasteiger partial charge in [-0.05, 0) is 58.9 Å². The van der Waals surface area contributed by atoms with Crippen molar-refractivity contribution in [2.45, 2.75) is 52.5 Å². The molecule has 2 aromatic rings. The SMILES string of the molecule is CC(=NCCN(Cc1cccc(C)n1)Cc1cccc(C)n1)C(C)(C)S. The third-order valence-electron chi connectivity index (χ3n) is 4.31. The summed E-state index contributed by atoms with van der Waals surface area (Å²) in [6.07, 6.45) is 0. The van der Waals surface area contributed by atoms with Gasteiger partial charge in [-0.1, -0.05) is 12.1 Å². The molecular formula is C21H30N4S. The lowest BCUT2D eigenvalue weighted by Gasteiger charge is -2.22. The van der Waals surface area contributed by atoms with E-state index in [0.717, 1.165) is 54.7 Å². The zero-order valence-electron chi connectivity index (χ0n) is 16.5. The molecule has 0 atom stereocenters. The number of aliphatic imine (C=N–C) groups is 1. The molecule has 2 heterocycles. The van der Waals surface area contributed by atoms with Gasteiger partial charge in [0.15, 0.2) is 0 Å². The molecule has 0 aliphatic carbocycles. The van der Waals surface area contributed by atoms with E-state index in [2.05, 4.69) is 65.6 Å². The number of aryl methyl sites for hydroxylation is 2. The summed E-state index contributed by atoms with van der Waals surface area (Å²) in [7, 11) is 0. The highest BCUT2D eigenvalue weighted by atomic mass is 32.1. The van der Waals surface area contributed by atoms with Crippen molar-refractivity contribution in [3.8, 4) is 0 Å². The minimum Gasteiger partial charge on any atom is -0.292 e. The zero-order valence-corrected chi connectivity index (χ0v) is 17.4. The van der Waals surface area contributed by atoms with Crippen LogP contribution in [0.25, 0.3) is 0 Å². The topological polar surface area (TPSA) is 41.4 Å². The molecule has 2 aromatic heterocycles. The minimum absolute atomic E-state index is 0.180. The van der Waals surface area contributed by atoms with Crippen molar-refractivity contribution in [3.05, 3.63) is 59.2 Å². The molecule has 0 aromatic carbocycles. The second-order valence-corrected chi connectivity index (χ2v) is 8.40. The highest BCUT2D eigenvalue weighted by Crippen LogP contribution is 2.14. The molecule has 0 radical (unpaired) electrons. The Morgan fingerprint density at radius 2 is 1.50 bits per heavy atom. The summed E-state index contributed by atoms with van der Waals surface area (Å²) in [4.78, 5) is 16.4. The molecule has 0 aliphatic rings. The summed E-state index contributed by atoms with van der Waals surface area (Å²) in [5.74, 6) is 0. The molecule has 0 saturated heterocycles. The standard InChI is InChI=1S/C21H30N4S/c1-16-8-6-10-19(23-16)14-25(13-12-22-18(3)21(4,5)26)15-20-11-7-9-17(2)24-20/h6-11,26H,12-15H2,1-5H3. The maximum atomic E-state index is 4.71. The first-order valence-corrected chi connectivity index (χ1v) is 9.50. The van der Waals surface area contributed by atoms with Crippen molar-refractivity contribution < 1.29 is 0 Å². The van der Waals surface area contributed by atoms with Gasteiger partial charge >= 0.3 is 0 Å². The fourth-order valence-corrected chi connectivity index (χ4v) is 2.67. The number of hydrogen-bond donors (Lipinski definition) is 1. The van der Waals surface area contributed by atoms with E-state index in [-0.39, 0.29) is 4.75 Å². The van der Waals surface area contributed by atoms with Gasteiger partial charge in [0.2, 0.25) is 0 Å². The largest absolute Gasteiger partial charge is 0.292 e. The van der Waals surface area contributed by atoms with Crippen LogP contribution >= 0.6 is 12.6 Å². The quantitative estimate of drug-likeness (QED) is 0.557. The van der Waals surface area contributed by atoms with Gasteiger partial charge in [0.25, 0.3) is 0 Å². The van der Waals surface area contributed by atoms with E-state index in [1.807, 2.05) is 32.9 Å². The average Bonchev–Trinajstić information content (AvgIpc) is 2.53. The summed E-state index contributed by atoms with van der Waals surface area (Å²) in [6, 6.07) is 12.3. The lowest BCUT2D eigenvalue weighted by atomic mass is 10.1. The van der Waals surface area contributed by atoms with Gasteiger partial charge in [0.1, 0.15) is 0 Å². The van der Waals surface area contributed by atoms with Crippen LogP contribution in [0.15, 0.2) is 41.4 Å². The zero-order chi connectivity index (χ0) is 19.2. The van der Waals surface area contributed by atoms with Gasteiger partial charge < -0.3 is 0 Å². The molecule has 5 heteroatoms. The van der Waals surface area contributed by atoms with Crippen LogP contribution in [-0.2, 0) is 13.1 Å². The van der Waals surface area contributed by atoms with E-state index >= 15 is 0 Å². The molecule has 2 rings (SSSR count). The average molecular weight is 371 g/mol. The molecule has 0 amide bonds. The smallest absolute Gasteiger partial charge is 0.0547 e. The van der Waals surface area contributed by atoms with E-state index < -0.39 is 0 Å². The Bertz CT molecular complexity index is 702. The number of pyridine rings is 2. The molecule has 0 spiro atoms. The number of aromatic nitrogens is 2. The van der Waals surface area contributed by atoms with Gasteiger partial charge in [0, 0.05) is 41.5 Å². The fraction of sp³-hybridized carbons (Fsp3) is 0.476. The van der Waals surface area contributed by atoms with Gasteiger partial charge in [-0.2, -0.15) is 12.6 Å². The Balaban J connectivity index is 2.10. The van der Waals surface area contributed by atoms with Crippen LogP contribution in [0.5, 0.6) is 0 Å². The summed E-state index contributed by atoms with van der Waals surface area (Å²) >= 11 is 4.59. The maximum Gasteiger partial charge on any atom is 0.0547 e. The summed E-state index contributed by atoms with van der Waals surface area (Å²) in [6.45, 7) is 13.4. The predicted octanol–water partition coefficient (Wildman–Crippen LogP) is 4.26. The second-order valence-electron chi connectivity index (χ2n) is 7.28. The van der Waals surface area contributed by atoms with Crippen LogP contribution < -0.4 is 0 Å². The first kappa shape index (κ1) is 20.6. The Labute approximate surface area is 163 Å². The number of rotatable bonds is 8. The molecule has 0 saturated carbocycles. The molecule has 26 heavy (non-hydrogen) atoms. The fourth-order valence-electron chi connectivity index (χ4n) is 2.60.